The van der Waals surface area contributed by atoms with Gasteiger partial charge in [-0.3, -0.25) is 4.79 Å². The Balaban J connectivity index is 1.66. The molecular formula is C18H25N5O2S. The van der Waals surface area contributed by atoms with Gasteiger partial charge in [0, 0.05) is 13.1 Å². The molecule has 0 radical (unpaired) electrons. The highest BCUT2D eigenvalue weighted by atomic mass is 32.2. The van der Waals surface area contributed by atoms with Gasteiger partial charge in [0.2, 0.25) is 11.1 Å². The first-order valence-electron chi connectivity index (χ1n) is 9.20. The minimum Gasteiger partial charge on any atom is -0.492 e. The first-order chi connectivity index (χ1) is 12.8. The summed E-state index contributed by atoms with van der Waals surface area (Å²) in [6.45, 7) is 4.22. The predicted molar refractivity (Wildman–Crippen MR) is 101 cm³/mol. The Bertz CT molecular complexity index is 713. The van der Waals surface area contributed by atoms with Gasteiger partial charge in [-0.05, 0) is 42.3 Å². The van der Waals surface area contributed by atoms with Crippen LogP contribution in [-0.4, -0.2) is 56.5 Å². The zero-order chi connectivity index (χ0) is 18.2. The molecule has 3 rings (SSSR count). The molecule has 0 spiro atoms. The number of rotatable bonds is 6. The van der Waals surface area contributed by atoms with E-state index >= 15 is 0 Å². The number of benzene rings is 1. The summed E-state index contributed by atoms with van der Waals surface area (Å²) in [5, 5.41) is 12.5. The average Bonchev–Trinajstić information content (AvgIpc) is 3.08. The largest absolute Gasteiger partial charge is 0.492 e. The molecule has 1 aromatic heterocycles. The van der Waals surface area contributed by atoms with Gasteiger partial charge in [0.15, 0.2) is 0 Å². The first kappa shape index (κ1) is 18.7. The van der Waals surface area contributed by atoms with Crippen LogP contribution in [0.4, 0.5) is 0 Å². The minimum absolute atomic E-state index is 0.157. The fourth-order valence-corrected chi connectivity index (χ4v) is 3.83. The molecule has 0 aliphatic carbocycles. The topological polar surface area (TPSA) is 73.1 Å². The molecule has 8 heteroatoms. The Kier molecular flexibility index (Phi) is 6.88. The van der Waals surface area contributed by atoms with Crippen molar-refractivity contribution in [2.75, 3.05) is 25.4 Å². The van der Waals surface area contributed by atoms with Crippen molar-refractivity contribution in [2.24, 2.45) is 0 Å². The second-order valence-electron chi connectivity index (χ2n) is 6.21. The van der Waals surface area contributed by atoms with Crippen LogP contribution in [0.25, 0.3) is 5.69 Å². The summed E-state index contributed by atoms with van der Waals surface area (Å²) in [4.78, 5) is 14.6. The molecule has 2 aromatic rings. The number of ether oxygens (including phenoxy) is 1. The maximum atomic E-state index is 12.6. The van der Waals surface area contributed by atoms with Crippen molar-refractivity contribution >= 4 is 17.7 Å². The lowest BCUT2D eigenvalue weighted by Gasteiger charge is -2.24. The van der Waals surface area contributed by atoms with Crippen LogP contribution in [0.5, 0.6) is 5.75 Å². The first-order valence-corrected chi connectivity index (χ1v) is 10.2. The third-order valence-corrected chi connectivity index (χ3v) is 5.27. The quantitative estimate of drug-likeness (QED) is 0.723. The number of hydrogen-bond acceptors (Lipinski definition) is 6. The Morgan fingerprint density at radius 3 is 2.65 bits per heavy atom. The molecule has 1 aliphatic heterocycles. The average molecular weight is 375 g/mol. The molecule has 1 amide bonds. The van der Waals surface area contributed by atoms with Crippen molar-refractivity contribution in [1.82, 2.24) is 25.1 Å². The number of hydrogen-bond donors (Lipinski definition) is 0. The number of aromatic nitrogens is 4. The smallest absolute Gasteiger partial charge is 0.233 e. The summed E-state index contributed by atoms with van der Waals surface area (Å²) in [6, 6.07) is 7.63. The molecule has 0 unspecified atom stereocenters. The lowest BCUT2D eigenvalue weighted by molar-refractivity contribution is -0.128. The van der Waals surface area contributed by atoms with Gasteiger partial charge in [-0.2, -0.15) is 4.68 Å². The van der Waals surface area contributed by atoms with Gasteiger partial charge in [-0.1, -0.05) is 43.2 Å². The van der Waals surface area contributed by atoms with E-state index in [1.807, 2.05) is 36.1 Å². The van der Waals surface area contributed by atoms with Gasteiger partial charge in [0.25, 0.3) is 0 Å². The molecule has 1 aromatic carbocycles. The monoisotopic (exact) mass is 375 g/mol. The molecule has 0 N–H and O–H groups in total. The van der Waals surface area contributed by atoms with Crippen molar-refractivity contribution in [2.45, 2.75) is 44.2 Å². The maximum absolute atomic E-state index is 12.6. The third-order valence-electron chi connectivity index (χ3n) is 4.37. The highest BCUT2D eigenvalue weighted by Gasteiger charge is 2.18. The Hall–Kier alpha value is -2.09. The van der Waals surface area contributed by atoms with E-state index in [-0.39, 0.29) is 5.91 Å². The van der Waals surface area contributed by atoms with Gasteiger partial charge < -0.3 is 9.64 Å². The Morgan fingerprint density at radius 1 is 1.15 bits per heavy atom. The van der Waals surface area contributed by atoms with Crippen molar-refractivity contribution < 1.29 is 9.53 Å². The van der Waals surface area contributed by atoms with Gasteiger partial charge in [0.1, 0.15) is 11.4 Å². The van der Waals surface area contributed by atoms with Crippen LogP contribution in [0, 0.1) is 0 Å². The van der Waals surface area contributed by atoms with Crippen LogP contribution in [-0.2, 0) is 4.79 Å². The zero-order valence-electron chi connectivity index (χ0n) is 15.1. The van der Waals surface area contributed by atoms with Crippen molar-refractivity contribution in [3.05, 3.63) is 24.3 Å². The summed E-state index contributed by atoms with van der Waals surface area (Å²) < 4.78 is 7.30. The summed E-state index contributed by atoms with van der Waals surface area (Å²) in [5.41, 5.74) is 0.778. The number of likely N-dealkylation sites (tertiary alicyclic amines) is 1. The predicted octanol–water partition coefficient (Wildman–Crippen LogP) is 2.95. The molecule has 7 nitrogen and oxygen atoms in total. The maximum Gasteiger partial charge on any atom is 0.233 e. The standard InChI is InChI=1S/C18H25N5O2S/c1-2-25-16-11-7-6-10-15(16)23-18(19-20-21-23)26-14-17(24)22-12-8-4-3-5-9-13-22/h6-7,10-11H,2-5,8-9,12-14H2,1H3. The van der Waals surface area contributed by atoms with Crippen molar-refractivity contribution in [1.29, 1.82) is 0 Å². The molecule has 1 fully saturated rings. The molecule has 2 heterocycles. The lowest BCUT2D eigenvalue weighted by atomic mass is 10.1. The number of thioether (sulfide) groups is 1. The SMILES string of the molecule is CCOc1ccccc1-n1nnnc1SCC(=O)N1CCCCCCC1. The van der Waals surface area contributed by atoms with E-state index in [1.54, 1.807) is 4.68 Å². The number of carbonyl (C=O) groups excluding carboxylic acids is 1. The fourth-order valence-electron chi connectivity index (χ4n) is 3.04. The van der Waals surface area contributed by atoms with Crippen molar-refractivity contribution in [3.8, 4) is 11.4 Å². The van der Waals surface area contributed by atoms with Crippen LogP contribution < -0.4 is 4.74 Å². The van der Waals surface area contributed by atoms with Gasteiger partial charge in [0.05, 0.1) is 12.4 Å². The number of carbonyl (C=O) groups is 1. The number of para-hydroxylation sites is 2. The number of amides is 1. The normalized spacial score (nSPS) is 15.3. The number of nitrogens with zero attached hydrogens (tertiary/aromatic N) is 5. The summed E-state index contributed by atoms with van der Waals surface area (Å²) >= 11 is 1.37. The van der Waals surface area contributed by atoms with E-state index in [1.165, 1.54) is 31.0 Å². The van der Waals surface area contributed by atoms with Crippen LogP contribution in [0.3, 0.4) is 0 Å². The van der Waals surface area contributed by atoms with Crippen LogP contribution >= 0.6 is 11.8 Å². The molecule has 0 bridgehead atoms. The van der Waals surface area contributed by atoms with E-state index in [0.29, 0.717) is 17.5 Å². The van der Waals surface area contributed by atoms with Crippen LogP contribution in [0.2, 0.25) is 0 Å². The van der Waals surface area contributed by atoms with Gasteiger partial charge in [-0.15, -0.1) is 5.10 Å². The van der Waals surface area contributed by atoms with Crippen LogP contribution in [0.15, 0.2) is 29.4 Å². The molecule has 1 aliphatic rings. The second-order valence-corrected chi connectivity index (χ2v) is 7.15. The zero-order valence-corrected chi connectivity index (χ0v) is 16.0. The molecule has 0 atom stereocenters. The Morgan fingerprint density at radius 2 is 1.88 bits per heavy atom. The van der Waals surface area contributed by atoms with E-state index in [2.05, 4.69) is 15.5 Å². The summed E-state index contributed by atoms with van der Waals surface area (Å²) in [5.74, 6) is 1.22. The molecular weight excluding hydrogens is 350 g/mol. The third kappa shape index (κ3) is 4.75. The molecule has 0 saturated carbocycles. The van der Waals surface area contributed by atoms with E-state index in [4.69, 9.17) is 4.74 Å². The highest BCUT2D eigenvalue weighted by molar-refractivity contribution is 7.99. The van der Waals surface area contributed by atoms with E-state index in [9.17, 15) is 4.79 Å². The molecule has 140 valence electrons. The summed E-state index contributed by atoms with van der Waals surface area (Å²) in [7, 11) is 0. The molecule has 1 saturated heterocycles. The van der Waals surface area contributed by atoms with E-state index in [0.717, 1.165) is 37.4 Å². The fraction of sp³-hybridized carbons (Fsp3) is 0.556. The lowest BCUT2D eigenvalue weighted by Crippen LogP contribution is -2.35. The van der Waals surface area contributed by atoms with E-state index < -0.39 is 0 Å². The van der Waals surface area contributed by atoms with Gasteiger partial charge in [-0.25, -0.2) is 0 Å². The second kappa shape index (κ2) is 9.56. The van der Waals surface area contributed by atoms with Crippen molar-refractivity contribution in [3.63, 3.8) is 0 Å². The Labute approximate surface area is 158 Å². The number of tetrazole rings is 1. The molecule has 26 heavy (non-hydrogen) atoms. The van der Waals surface area contributed by atoms with Crippen LogP contribution in [0.1, 0.15) is 39.0 Å². The van der Waals surface area contributed by atoms with Gasteiger partial charge >= 0.3 is 0 Å². The minimum atomic E-state index is 0.157. The highest BCUT2D eigenvalue weighted by Crippen LogP contribution is 2.26. The summed E-state index contributed by atoms with van der Waals surface area (Å²) in [6.07, 6.45) is 5.89.